The summed E-state index contributed by atoms with van der Waals surface area (Å²) in [5.74, 6) is 1.08. The Kier molecular flexibility index (Phi) is 21.6. The monoisotopic (exact) mass is 1450 g/mol. The third kappa shape index (κ3) is 14.9. The van der Waals surface area contributed by atoms with Crippen molar-refractivity contribution in [1.29, 1.82) is 0 Å². The molecule has 392 valence electrons. The molecule has 12 rings (SSSR count). The first-order chi connectivity index (χ1) is 38.7. The van der Waals surface area contributed by atoms with Crippen LogP contribution in [0.4, 0.5) is 0 Å². The first-order valence-electron chi connectivity index (χ1n) is 25.1. The van der Waals surface area contributed by atoms with Crippen LogP contribution >= 0.6 is 93.0 Å². The molecule has 0 unspecified atom stereocenters. The maximum Gasteiger partial charge on any atom is 0.200 e. The Morgan fingerprint density at radius 2 is 0.709 bits per heavy atom. The summed E-state index contributed by atoms with van der Waals surface area (Å²) < 4.78 is 8.18. The van der Waals surface area contributed by atoms with E-state index in [4.69, 9.17) is 4.74 Å². The van der Waals surface area contributed by atoms with Gasteiger partial charge in [-0.05, 0) is 147 Å². The molecule has 0 fully saturated rings. The summed E-state index contributed by atoms with van der Waals surface area (Å²) in [4.78, 5) is 27.9. The van der Waals surface area contributed by atoms with Crippen LogP contribution in [0.1, 0.15) is 20.7 Å². The predicted octanol–water partition coefficient (Wildman–Crippen LogP) is 21.5. The van der Waals surface area contributed by atoms with E-state index in [0.29, 0.717) is 22.4 Å². The Bertz CT molecular complexity index is 3970. The van der Waals surface area contributed by atoms with Crippen LogP contribution in [0.15, 0.2) is 264 Å². The van der Waals surface area contributed by atoms with Crippen LogP contribution in [0.25, 0.3) is 87.6 Å². The molecule has 4 nitrogen and oxygen atoms in total. The maximum atomic E-state index is 12.9. The minimum Gasteiger partial charge on any atom is -0.507 e. The van der Waals surface area contributed by atoms with E-state index in [9.17, 15) is 14.7 Å². The number of fused-ring (bicyclic) bond motifs is 6. The second-order valence-electron chi connectivity index (χ2n) is 17.9. The van der Waals surface area contributed by atoms with Crippen molar-refractivity contribution < 1.29 is 19.4 Å². The fraction of sp³-hybridized carbons (Fsp3) is 0.0571. The number of phenols is 1. The molecule has 12 aromatic carbocycles. The van der Waals surface area contributed by atoms with E-state index < -0.39 is 0 Å². The number of benzene rings is 12. The second kappa shape index (κ2) is 29.1. The van der Waals surface area contributed by atoms with Crippen molar-refractivity contribution >= 4 is 148 Å². The van der Waals surface area contributed by atoms with Crippen LogP contribution in [0.2, 0.25) is 0 Å². The summed E-state index contributed by atoms with van der Waals surface area (Å²) in [6.45, 7) is -0.0316. The van der Waals surface area contributed by atoms with Crippen molar-refractivity contribution in [3.8, 4) is 56.0 Å². The van der Waals surface area contributed by atoms with E-state index in [1.165, 1.54) is 5.56 Å². The minimum absolute atomic E-state index is 0.0316. The number of hydrogen-bond donors (Lipinski definition) is 1. The molecule has 0 aliphatic rings. The molecule has 0 aliphatic carbocycles. The summed E-state index contributed by atoms with van der Waals surface area (Å²) >= 11 is 14.1. The molecule has 79 heavy (non-hydrogen) atoms. The van der Waals surface area contributed by atoms with Crippen molar-refractivity contribution in [3.63, 3.8) is 0 Å². The third-order valence-electron chi connectivity index (χ3n) is 13.1. The quantitative estimate of drug-likeness (QED) is 0.0641. The lowest BCUT2D eigenvalue weighted by Crippen LogP contribution is -2.11. The Balaban J connectivity index is 0.000000170. The van der Waals surface area contributed by atoms with Gasteiger partial charge in [0, 0.05) is 30.8 Å². The molecule has 0 bridgehead atoms. The summed E-state index contributed by atoms with van der Waals surface area (Å²) in [5.41, 5.74) is 10.5. The van der Waals surface area contributed by atoms with Crippen LogP contribution < -0.4 is 4.74 Å². The molecule has 0 radical (unpaired) electrons. The number of hydrogen-bond acceptors (Lipinski definition) is 4. The number of ketones is 2. The molecule has 0 saturated heterocycles. The lowest BCUT2D eigenvalue weighted by atomic mass is 9.94. The van der Waals surface area contributed by atoms with Crippen molar-refractivity contribution in [2.24, 2.45) is 0 Å². The standard InChI is InChI=1S/C34H23BrO2.C26H18O.C8H6Br2O.2CH3I/c35-29-15-11-25(12-16-29)33(36)22-37-34-21-28-19-26(23-7-3-1-4-8-23)13-17-30(28)31-18-14-27(20-32(31)34)24-9-5-2-6-10-24;27-26-17-22-15-20(18-7-3-1-4-8-18)11-13-23(22)24-14-12-21(16-25(24)26)19-9-5-2-6-10-19;9-5-8(11)6-1-3-7(10)4-2-6;2*1-2/h1-21H,22H2;1-17,27H;1-4H,5H2;2*1H3. The van der Waals surface area contributed by atoms with E-state index in [0.717, 1.165) is 96.5 Å². The molecule has 0 atom stereocenters. The molecule has 12 aromatic rings. The Hall–Kier alpha value is -6.48. The fourth-order valence-corrected chi connectivity index (χ4v) is 10.1. The van der Waals surface area contributed by atoms with E-state index >= 15 is 0 Å². The molecule has 0 aromatic heterocycles. The van der Waals surface area contributed by atoms with Crippen LogP contribution in [0.5, 0.6) is 11.5 Å². The topological polar surface area (TPSA) is 63.6 Å². The Labute approximate surface area is 514 Å². The first-order valence-corrected chi connectivity index (χ1v) is 32.1. The SMILES string of the molecule is CI.CI.O=C(CBr)c1ccc(Br)cc1.O=C(COc1cc2cc(-c3ccccc3)ccc2c2ccc(-c3ccccc3)cc12)c1ccc(Br)cc1.Oc1cc2cc(-c3ccccc3)ccc2c2ccc(-c3ccccc3)cc12. The smallest absolute Gasteiger partial charge is 0.200 e. The molecule has 0 spiro atoms. The van der Waals surface area contributed by atoms with Gasteiger partial charge in [-0.3, -0.25) is 9.59 Å². The zero-order valence-electron chi connectivity index (χ0n) is 43.2. The van der Waals surface area contributed by atoms with Crippen LogP contribution in [-0.2, 0) is 0 Å². The van der Waals surface area contributed by atoms with Crippen LogP contribution in [0.3, 0.4) is 0 Å². The normalized spacial score (nSPS) is 10.5. The van der Waals surface area contributed by atoms with E-state index in [-0.39, 0.29) is 18.2 Å². The Morgan fingerprint density at radius 1 is 0.367 bits per heavy atom. The molecule has 0 heterocycles. The van der Waals surface area contributed by atoms with Gasteiger partial charge in [0.15, 0.2) is 18.2 Å². The first kappa shape index (κ1) is 58.7. The van der Waals surface area contributed by atoms with Gasteiger partial charge < -0.3 is 9.84 Å². The zero-order valence-corrected chi connectivity index (χ0v) is 52.3. The summed E-state index contributed by atoms with van der Waals surface area (Å²) in [5, 5.41) is 19.6. The highest BCUT2D eigenvalue weighted by Gasteiger charge is 2.15. The van der Waals surface area contributed by atoms with Crippen molar-refractivity contribution in [1.82, 2.24) is 0 Å². The highest BCUT2D eigenvalue weighted by atomic mass is 127. The molecular weight excluding hydrogens is 1400 g/mol. The number of aromatic hydroxyl groups is 1. The highest BCUT2D eigenvalue weighted by Crippen LogP contribution is 2.40. The van der Waals surface area contributed by atoms with Crippen molar-refractivity contribution in [3.05, 3.63) is 275 Å². The van der Waals surface area contributed by atoms with E-state index in [1.54, 1.807) is 12.1 Å². The zero-order chi connectivity index (χ0) is 55.7. The van der Waals surface area contributed by atoms with Gasteiger partial charge in [-0.15, -0.1) is 0 Å². The van der Waals surface area contributed by atoms with Crippen LogP contribution in [-0.4, -0.2) is 38.5 Å². The van der Waals surface area contributed by atoms with Gasteiger partial charge in [-0.25, -0.2) is 0 Å². The minimum atomic E-state index is -0.0574. The van der Waals surface area contributed by atoms with Gasteiger partial charge >= 0.3 is 0 Å². The fourth-order valence-electron chi connectivity index (χ4n) is 9.21. The van der Waals surface area contributed by atoms with Crippen molar-refractivity contribution in [2.45, 2.75) is 0 Å². The number of phenolic OH excluding ortho intramolecular Hbond substituents is 1. The number of rotatable bonds is 10. The molecule has 9 heteroatoms. The van der Waals surface area contributed by atoms with Crippen molar-refractivity contribution in [2.75, 3.05) is 21.8 Å². The average Bonchev–Trinajstić information content (AvgIpc) is 3.58. The number of Topliss-reactive ketones (excluding diaryl/α,β-unsaturated/α-hetero) is 2. The van der Waals surface area contributed by atoms with Gasteiger partial charge in [0.2, 0.25) is 0 Å². The van der Waals surface area contributed by atoms with Gasteiger partial charge in [0.25, 0.3) is 0 Å². The predicted molar refractivity (Wildman–Crippen MR) is 362 cm³/mol. The summed E-state index contributed by atoms with van der Waals surface area (Å²) in [7, 11) is 0. The van der Waals surface area contributed by atoms with Crippen LogP contribution in [0, 0.1) is 0 Å². The second-order valence-corrected chi connectivity index (χ2v) is 20.3. The highest BCUT2D eigenvalue weighted by molar-refractivity contribution is 14.1. The largest absolute Gasteiger partial charge is 0.507 e. The van der Waals surface area contributed by atoms with Gasteiger partial charge in [0.1, 0.15) is 11.5 Å². The number of alkyl halides is 3. The third-order valence-corrected chi connectivity index (χ3v) is 14.7. The Morgan fingerprint density at radius 3 is 1.11 bits per heavy atom. The van der Waals surface area contributed by atoms with Gasteiger partial charge in [0.05, 0.1) is 5.33 Å². The molecule has 0 amide bonds. The number of ether oxygens (including phenoxy) is 1. The lowest BCUT2D eigenvalue weighted by Gasteiger charge is -2.14. The molecule has 1 N–H and O–H groups in total. The molecule has 0 aliphatic heterocycles. The summed E-state index contributed by atoms with van der Waals surface area (Å²) in [6.07, 6.45) is 0. The number of carbonyl (C=O) groups excluding carboxylic acids is 2. The van der Waals surface area contributed by atoms with Gasteiger partial charge in [-0.2, -0.15) is 0 Å². The maximum absolute atomic E-state index is 12.9. The number of halogens is 5. The lowest BCUT2D eigenvalue weighted by molar-refractivity contribution is 0.0922. The van der Waals surface area contributed by atoms with E-state index in [1.807, 2.05) is 125 Å². The number of carbonyl (C=O) groups is 2. The van der Waals surface area contributed by atoms with E-state index in [2.05, 4.69) is 220 Å². The molecule has 0 saturated carbocycles. The summed E-state index contributed by atoms with van der Waals surface area (Å²) in [6, 6.07) is 85.6. The average molecular weight is 1450 g/mol. The molecular formula is C70H53Br3I2O4. The van der Waals surface area contributed by atoms with Gasteiger partial charge in [-0.1, -0.05) is 287 Å².